The van der Waals surface area contributed by atoms with Gasteiger partial charge in [-0.15, -0.1) is 0 Å². The molecule has 2 unspecified atom stereocenters. The fourth-order valence-electron chi connectivity index (χ4n) is 1.71. The van der Waals surface area contributed by atoms with Crippen molar-refractivity contribution >= 4 is 5.71 Å². The number of halogens is 2. The van der Waals surface area contributed by atoms with Crippen molar-refractivity contribution in [2.75, 3.05) is 6.54 Å². The van der Waals surface area contributed by atoms with Gasteiger partial charge in [0.1, 0.15) is 0 Å². The second-order valence-corrected chi connectivity index (χ2v) is 3.91. The number of allylic oxidation sites excluding steroid dienone is 1. The van der Waals surface area contributed by atoms with Crippen molar-refractivity contribution in [1.29, 1.82) is 0 Å². The molecule has 5 N–H and O–H groups in total. The third kappa shape index (κ3) is 3.44. The minimum absolute atomic E-state index is 0.0984. The predicted molar refractivity (Wildman–Crippen MR) is 60.4 cm³/mol. The highest BCUT2D eigenvalue weighted by molar-refractivity contribution is 5.97. The van der Waals surface area contributed by atoms with Crippen LogP contribution in [0.1, 0.15) is 19.8 Å². The molecule has 1 aliphatic rings. The van der Waals surface area contributed by atoms with Gasteiger partial charge in [-0.25, -0.2) is 8.78 Å². The Morgan fingerprint density at radius 2 is 2.25 bits per heavy atom. The Morgan fingerprint density at radius 1 is 1.56 bits per heavy atom. The van der Waals surface area contributed by atoms with E-state index in [4.69, 9.17) is 11.5 Å². The maximum Gasteiger partial charge on any atom is 0.253 e. The zero-order chi connectivity index (χ0) is 12.1. The van der Waals surface area contributed by atoms with Crippen LogP contribution in [-0.2, 0) is 0 Å². The molecule has 1 saturated heterocycles. The van der Waals surface area contributed by atoms with E-state index in [1.54, 1.807) is 6.92 Å². The summed E-state index contributed by atoms with van der Waals surface area (Å²) >= 11 is 0. The van der Waals surface area contributed by atoms with Gasteiger partial charge in [0.2, 0.25) is 0 Å². The summed E-state index contributed by atoms with van der Waals surface area (Å²) in [6.45, 7) is 2.29. The summed E-state index contributed by atoms with van der Waals surface area (Å²) < 4.78 is 25.0. The molecule has 0 aromatic heterocycles. The molecule has 92 valence electrons. The minimum Gasteiger partial charge on any atom is -0.403 e. The lowest BCUT2D eigenvalue weighted by Crippen LogP contribution is -2.44. The van der Waals surface area contributed by atoms with E-state index >= 15 is 0 Å². The van der Waals surface area contributed by atoms with Crippen LogP contribution < -0.4 is 16.8 Å². The van der Waals surface area contributed by atoms with Gasteiger partial charge in [0, 0.05) is 6.20 Å². The van der Waals surface area contributed by atoms with E-state index in [-0.39, 0.29) is 6.04 Å². The van der Waals surface area contributed by atoms with Crippen molar-refractivity contribution in [2.24, 2.45) is 16.5 Å². The summed E-state index contributed by atoms with van der Waals surface area (Å²) in [5, 5.41) is 2.78. The Kier molecular flexibility index (Phi) is 4.67. The quantitative estimate of drug-likeness (QED) is 0.623. The zero-order valence-corrected chi connectivity index (χ0v) is 9.29. The van der Waals surface area contributed by atoms with Gasteiger partial charge in [0.25, 0.3) is 6.43 Å². The van der Waals surface area contributed by atoms with E-state index in [9.17, 15) is 8.78 Å². The van der Waals surface area contributed by atoms with Gasteiger partial charge in [-0.2, -0.15) is 0 Å². The number of aliphatic imine (C=N–C) groups is 1. The maximum atomic E-state index is 12.5. The first-order valence-corrected chi connectivity index (χ1v) is 5.28. The number of hydrogen-bond donors (Lipinski definition) is 3. The molecule has 2 atom stereocenters. The molecule has 1 aliphatic heterocycles. The normalized spacial score (nSPS) is 28.5. The fourth-order valence-corrected chi connectivity index (χ4v) is 1.71. The first-order chi connectivity index (χ1) is 7.54. The van der Waals surface area contributed by atoms with Gasteiger partial charge in [-0.05, 0) is 26.3 Å². The number of alkyl halides is 2. The van der Waals surface area contributed by atoms with Crippen LogP contribution in [0, 0.1) is 0 Å². The molecule has 16 heavy (non-hydrogen) atoms. The first kappa shape index (κ1) is 12.9. The predicted octanol–water partition coefficient (Wildman–Crippen LogP) is 0.592. The van der Waals surface area contributed by atoms with E-state index in [1.807, 2.05) is 0 Å². The van der Waals surface area contributed by atoms with Crippen LogP contribution in [0.2, 0.25) is 0 Å². The number of nitrogens with one attached hydrogen (secondary N) is 1. The molecular weight excluding hydrogens is 214 g/mol. The third-order valence-corrected chi connectivity index (χ3v) is 2.69. The topological polar surface area (TPSA) is 76.4 Å². The smallest absolute Gasteiger partial charge is 0.253 e. The average Bonchev–Trinajstić information content (AvgIpc) is 2.28. The van der Waals surface area contributed by atoms with E-state index in [0.717, 1.165) is 6.42 Å². The van der Waals surface area contributed by atoms with E-state index in [0.29, 0.717) is 24.4 Å². The van der Waals surface area contributed by atoms with Crippen LogP contribution in [0.3, 0.4) is 0 Å². The van der Waals surface area contributed by atoms with Crippen LogP contribution >= 0.6 is 0 Å². The van der Waals surface area contributed by atoms with Crippen molar-refractivity contribution in [1.82, 2.24) is 5.32 Å². The standard InChI is InChI=1S/C10H18F2N4/c1-6(8(14)5-13)16-7-2-3-15-9(4-7)10(11)12/h5,7,9-10,15H,2-4,13-14H2,1H3. The maximum absolute atomic E-state index is 12.5. The van der Waals surface area contributed by atoms with Crippen LogP contribution in [0.4, 0.5) is 8.78 Å². The molecule has 1 heterocycles. The Hall–Kier alpha value is -1.17. The average molecular weight is 232 g/mol. The highest BCUT2D eigenvalue weighted by Gasteiger charge is 2.27. The molecule has 0 radical (unpaired) electrons. The molecule has 0 bridgehead atoms. The fraction of sp³-hybridized carbons (Fsp3) is 0.700. The van der Waals surface area contributed by atoms with Crippen molar-refractivity contribution in [2.45, 2.75) is 38.3 Å². The number of nitrogens with zero attached hydrogens (tertiary/aromatic N) is 1. The Balaban J connectivity index is 2.61. The lowest BCUT2D eigenvalue weighted by atomic mass is 10.00. The molecule has 0 aliphatic carbocycles. The zero-order valence-electron chi connectivity index (χ0n) is 9.29. The van der Waals surface area contributed by atoms with Gasteiger partial charge >= 0.3 is 0 Å². The number of hydrogen-bond acceptors (Lipinski definition) is 4. The van der Waals surface area contributed by atoms with E-state index in [2.05, 4.69) is 10.3 Å². The Labute approximate surface area is 93.8 Å². The molecule has 0 amide bonds. The monoisotopic (exact) mass is 232 g/mol. The highest BCUT2D eigenvalue weighted by Crippen LogP contribution is 2.17. The lowest BCUT2D eigenvalue weighted by molar-refractivity contribution is 0.0812. The molecule has 1 rings (SSSR count). The SMILES string of the molecule is CC(=NC1CCNC(C(F)F)C1)C(N)=CN. The second-order valence-electron chi connectivity index (χ2n) is 3.91. The van der Waals surface area contributed by atoms with Gasteiger partial charge in [-0.3, -0.25) is 4.99 Å². The van der Waals surface area contributed by atoms with Crippen molar-refractivity contribution in [3.05, 3.63) is 11.9 Å². The number of rotatable bonds is 3. The summed E-state index contributed by atoms with van der Waals surface area (Å²) in [6.07, 6.45) is 0.0103. The van der Waals surface area contributed by atoms with Crippen LogP contribution in [0.5, 0.6) is 0 Å². The molecule has 4 nitrogen and oxygen atoms in total. The summed E-state index contributed by atoms with van der Waals surface area (Å²) in [5.41, 5.74) is 11.8. The summed E-state index contributed by atoms with van der Waals surface area (Å²) in [4.78, 5) is 4.31. The van der Waals surface area contributed by atoms with Crippen molar-refractivity contribution in [3.63, 3.8) is 0 Å². The van der Waals surface area contributed by atoms with Crippen molar-refractivity contribution in [3.8, 4) is 0 Å². The second kappa shape index (κ2) is 5.79. The molecular formula is C10H18F2N4. The largest absolute Gasteiger partial charge is 0.403 e. The highest BCUT2D eigenvalue weighted by atomic mass is 19.3. The molecule has 0 spiro atoms. The summed E-state index contributed by atoms with van der Waals surface area (Å²) in [6, 6.07) is -0.864. The number of piperidine rings is 1. The molecule has 1 fully saturated rings. The van der Waals surface area contributed by atoms with Gasteiger partial charge in [0.05, 0.1) is 23.5 Å². The van der Waals surface area contributed by atoms with E-state index in [1.165, 1.54) is 6.20 Å². The van der Waals surface area contributed by atoms with Gasteiger partial charge in [0.15, 0.2) is 0 Å². The number of nitrogens with two attached hydrogens (primary N) is 2. The van der Waals surface area contributed by atoms with Crippen LogP contribution in [0.15, 0.2) is 16.9 Å². The Bertz CT molecular complexity index is 289. The third-order valence-electron chi connectivity index (χ3n) is 2.69. The summed E-state index contributed by atoms with van der Waals surface area (Å²) in [5.74, 6) is 0. The van der Waals surface area contributed by atoms with Crippen LogP contribution in [-0.4, -0.2) is 30.8 Å². The first-order valence-electron chi connectivity index (χ1n) is 5.28. The Morgan fingerprint density at radius 3 is 2.81 bits per heavy atom. The molecule has 6 heteroatoms. The minimum atomic E-state index is -2.35. The summed E-state index contributed by atoms with van der Waals surface area (Å²) in [7, 11) is 0. The molecule has 0 aromatic rings. The molecule has 0 saturated carbocycles. The van der Waals surface area contributed by atoms with Gasteiger partial charge in [-0.1, -0.05) is 0 Å². The molecule has 0 aromatic carbocycles. The van der Waals surface area contributed by atoms with Crippen molar-refractivity contribution < 1.29 is 8.78 Å². The lowest BCUT2D eigenvalue weighted by Gasteiger charge is -2.27. The van der Waals surface area contributed by atoms with Gasteiger partial charge < -0.3 is 16.8 Å². The van der Waals surface area contributed by atoms with Crippen LogP contribution in [0.25, 0.3) is 0 Å². The van der Waals surface area contributed by atoms with E-state index < -0.39 is 12.5 Å².